The van der Waals surface area contributed by atoms with Gasteiger partial charge in [-0.1, -0.05) is 23.5 Å². The number of fused-ring (bicyclic) bond motifs is 2. The fraction of sp³-hybridized carbons (Fsp3) is 0.500. The van der Waals surface area contributed by atoms with Gasteiger partial charge in [0.1, 0.15) is 35.2 Å². The number of halogens is 2. The molecule has 1 aromatic carbocycles. The number of benzene rings is 1. The molecule has 41 heavy (non-hydrogen) atoms. The number of nitrogens with one attached hydrogen (secondary N) is 2. The molecule has 3 aliphatic heterocycles. The van der Waals surface area contributed by atoms with Crippen LogP contribution in [0.25, 0.3) is 32.4 Å². The van der Waals surface area contributed by atoms with Crippen LogP contribution >= 0.6 is 11.3 Å². The molecule has 2 saturated heterocycles. The number of anilines is 2. The monoisotopic (exact) mass is 582 g/mol. The van der Waals surface area contributed by atoms with Crippen LogP contribution in [0.4, 0.5) is 19.7 Å². The Hall–Kier alpha value is -3.42. The van der Waals surface area contributed by atoms with E-state index in [4.69, 9.17) is 20.2 Å². The molecule has 10 nitrogen and oxygen atoms in total. The molecular formula is C28H32F2N8O2S. The van der Waals surface area contributed by atoms with E-state index in [-0.39, 0.29) is 41.4 Å². The highest BCUT2D eigenvalue weighted by molar-refractivity contribution is 7.22. The lowest BCUT2D eigenvalue weighted by Crippen LogP contribution is -2.43. The van der Waals surface area contributed by atoms with E-state index in [0.717, 1.165) is 37.1 Å². The van der Waals surface area contributed by atoms with Gasteiger partial charge in [-0.3, -0.25) is 4.90 Å². The Balaban J connectivity index is 1.38. The summed E-state index contributed by atoms with van der Waals surface area (Å²) >= 11 is 1.33. The van der Waals surface area contributed by atoms with Crippen molar-refractivity contribution in [2.75, 3.05) is 50.4 Å². The predicted molar refractivity (Wildman–Crippen MR) is 155 cm³/mol. The molecule has 0 spiro atoms. The van der Waals surface area contributed by atoms with Crippen molar-refractivity contribution in [2.45, 2.75) is 50.4 Å². The molecule has 3 aromatic heterocycles. The molecule has 6 heterocycles. The highest BCUT2D eigenvalue weighted by atomic mass is 32.1. The Kier molecular flexibility index (Phi) is 6.75. The Morgan fingerprint density at radius 3 is 3.00 bits per heavy atom. The van der Waals surface area contributed by atoms with Crippen molar-refractivity contribution in [1.82, 2.24) is 30.2 Å². The average Bonchev–Trinajstić information content (AvgIpc) is 3.60. The van der Waals surface area contributed by atoms with Crippen LogP contribution in [0.5, 0.6) is 11.9 Å². The van der Waals surface area contributed by atoms with Crippen LogP contribution in [-0.2, 0) is 0 Å². The second-order valence-electron chi connectivity index (χ2n) is 11.1. The average molecular weight is 583 g/mol. The lowest BCUT2D eigenvalue weighted by molar-refractivity contribution is 0.107. The largest absolute Gasteiger partial charge is 0.474 e. The van der Waals surface area contributed by atoms with E-state index in [2.05, 4.69) is 30.5 Å². The van der Waals surface area contributed by atoms with Gasteiger partial charge in [0.05, 0.1) is 21.9 Å². The van der Waals surface area contributed by atoms with Gasteiger partial charge in [-0.25, -0.2) is 18.7 Å². The number of nitrogen functional groups attached to an aromatic ring is 1. The molecule has 13 heteroatoms. The standard InChI is InChI=1S/C28H32F2N8O2S/c1-15-6-8-32-9-10-33-24-19-23(36-27(37-24)39-14-28-7-3-11-38(28)13-16(29)12-28)20(30)22(34-25(19)40-15)17-4-2-5-18-21(17)35-26(31)41-18/h2,4-5,15-16,32H,3,6-14H2,1H3,(H2,31,35)(H,33,36,37)/t15-,16+,28-/m0/s1. The number of thiazole rings is 1. The number of ether oxygens (including phenoxy) is 2. The quantitative estimate of drug-likeness (QED) is 0.323. The molecule has 0 aliphatic carbocycles. The summed E-state index contributed by atoms with van der Waals surface area (Å²) in [4.78, 5) is 20.5. The van der Waals surface area contributed by atoms with E-state index in [1.54, 1.807) is 6.07 Å². The van der Waals surface area contributed by atoms with Gasteiger partial charge in [-0.2, -0.15) is 9.97 Å². The molecule has 0 radical (unpaired) electrons. The summed E-state index contributed by atoms with van der Waals surface area (Å²) in [5, 5.41) is 7.41. The van der Waals surface area contributed by atoms with Crippen LogP contribution in [-0.4, -0.2) is 82.0 Å². The van der Waals surface area contributed by atoms with Crippen molar-refractivity contribution in [3.05, 3.63) is 24.0 Å². The number of nitrogens with two attached hydrogens (primary N) is 1. The Labute approximate surface area is 239 Å². The minimum Gasteiger partial charge on any atom is -0.474 e. The van der Waals surface area contributed by atoms with Crippen molar-refractivity contribution < 1.29 is 18.3 Å². The minimum atomic E-state index is -0.883. The second kappa shape index (κ2) is 10.4. The maximum atomic E-state index is 16.6. The maximum absolute atomic E-state index is 16.6. The van der Waals surface area contributed by atoms with Gasteiger partial charge in [-0.15, -0.1) is 0 Å². The molecule has 7 rings (SSSR count). The number of nitrogens with zero attached hydrogens (tertiary/aromatic N) is 5. The molecule has 4 aromatic rings. The normalized spacial score (nSPS) is 25.0. The molecule has 0 saturated carbocycles. The van der Waals surface area contributed by atoms with Crippen molar-refractivity contribution in [1.29, 1.82) is 0 Å². The Morgan fingerprint density at radius 2 is 2.10 bits per heavy atom. The molecule has 0 amide bonds. The lowest BCUT2D eigenvalue weighted by Gasteiger charge is -2.30. The first-order chi connectivity index (χ1) is 19.9. The topological polar surface area (TPSA) is 123 Å². The van der Waals surface area contributed by atoms with Crippen LogP contribution in [0.1, 0.15) is 32.6 Å². The van der Waals surface area contributed by atoms with Crippen LogP contribution in [0.2, 0.25) is 0 Å². The summed E-state index contributed by atoms with van der Waals surface area (Å²) in [5.74, 6) is -0.0232. The lowest BCUT2D eigenvalue weighted by atomic mass is 9.95. The number of pyridine rings is 1. The first-order valence-corrected chi connectivity index (χ1v) is 14.9. The van der Waals surface area contributed by atoms with Gasteiger partial charge < -0.3 is 25.8 Å². The summed E-state index contributed by atoms with van der Waals surface area (Å²) < 4.78 is 44.2. The van der Waals surface area contributed by atoms with Crippen molar-refractivity contribution in [3.8, 4) is 23.1 Å². The molecule has 216 valence electrons. The van der Waals surface area contributed by atoms with Gasteiger partial charge in [0, 0.05) is 31.6 Å². The van der Waals surface area contributed by atoms with E-state index in [0.29, 0.717) is 53.5 Å². The zero-order chi connectivity index (χ0) is 28.1. The summed E-state index contributed by atoms with van der Waals surface area (Å²) in [6.07, 6.45) is 1.90. The molecule has 3 aliphatic rings. The molecule has 3 atom stereocenters. The van der Waals surface area contributed by atoms with Crippen molar-refractivity contribution in [3.63, 3.8) is 0 Å². The van der Waals surface area contributed by atoms with Gasteiger partial charge in [-0.05, 0) is 45.3 Å². The Bertz CT molecular complexity index is 1620. The molecular weight excluding hydrogens is 550 g/mol. The predicted octanol–water partition coefficient (Wildman–Crippen LogP) is 4.15. The third kappa shape index (κ3) is 4.79. The fourth-order valence-corrected chi connectivity index (χ4v) is 7.09. The van der Waals surface area contributed by atoms with Gasteiger partial charge in [0.15, 0.2) is 10.9 Å². The number of hydrogen-bond acceptors (Lipinski definition) is 11. The van der Waals surface area contributed by atoms with Gasteiger partial charge >= 0.3 is 6.01 Å². The minimum absolute atomic E-state index is 0.0255. The smallest absolute Gasteiger partial charge is 0.319 e. The van der Waals surface area contributed by atoms with Crippen LogP contribution in [0, 0.1) is 5.82 Å². The zero-order valence-corrected chi connectivity index (χ0v) is 23.6. The van der Waals surface area contributed by atoms with E-state index in [1.807, 2.05) is 19.1 Å². The van der Waals surface area contributed by atoms with Crippen LogP contribution in [0.3, 0.4) is 0 Å². The number of rotatable bonds is 4. The van der Waals surface area contributed by atoms with E-state index in [9.17, 15) is 4.39 Å². The molecule has 2 fully saturated rings. The number of para-hydroxylation sites is 1. The van der Waals surface area contributed by atoms with Gasteiger partial charge in [0.2, 0.25) is 5.88 Å². The SMILES string of the molecule is C[C@H]1CCNCCNc2nc(OC[C@@]34CCCN3C[C@H](F)C4)nc3c(F)c(-c4cccc5sc(N)nc45)nc(c23)O1. The fourth-order valence-electron chi connectivity index (χ4n) is 6.33. The van der Waals surface area contributed by atoms with Crippen LogP contribution < -0.4 is 25.8 Å². The van der Waals surface area contributed by atoms with E-state index < -0.39 is 12.0 Å². The van der Waals surface area contributed by atoms with E-state index >= 15 is 4.39 Å². The maximum Gasteiger partial charge on any atom is 0.319 e. The second-order valence-corrected chi connectivity index (χ2v) is 12.2. The summed E-state index contributed by atoms with van der Waals surface area (Å²) in [6.45, 7) is 5.42. The molecule has 0 unspecified atom stereocenters. The Morgan fingerprint density at radius 1 is 1.20 bits per heavy atom. The summed E-state index contributed by atoms with van der Waals surface area (Å²) in [5.41, 5.74) is 6.76. The first-order valence-electron chi connectivity index (χ1n) is 14.1. The number of alkyl halides is 1. The zero-order valence-electron chi connectivity index (χ0n) is 22.8. The van der Waals surface area contributed by atoms with E-state index in [1.165, 1.54) is 11.3 Å². The third-order valence-corrected chi connectivity index (χ3v) is 9.14. The third-order valence-electron chi connectivity index (χ3n) is 8.29. The van der Waals surface area contributed by atoms with Crippen molar-refractivity contribution in [2.24, 2.45) is 0 Å². The van der Waals surface area contributed by atoms with Crippen molar-refractivity contribution >= 4 is 43.4 Å². The number of aromatic nitrogens is 4. The molecule has 0 bridgehead atoms. The highest BCUT2D eigenvalue weighted by Crippen LogP contribution is 2.42. The van der Waals surface area contributed by atoms with Gasteiger partial charge in [0.25, 0.3) is 0 Å². The number of hydrogen-bond donors (Lipinski definition) is 3. The summed E-state index contributed by atoms with van der Waals surface area (Å²) in [7, 11) is 0. The first kappa shape index (κ1) is 26.5. The van der Waals surface area contributed by atoms with Crippen LogP contribution in [0.15, 0.2) is 18.2 Å². The molecule has 4 N–H and O–H groups in total. The highest BCUT2D eigenvalue weighted by Gasteiger charge is 2.49. The summed E-state index contributed by atoms with van der Waals surface area (Å²) in [6, 6.07) is 5.51.